The number of ether oxygens (including phenoxy) is 2. The molecule has 1 N–H and O–H groups in total. The highest BCUT2D eigenvalue weighted by atomic mass is 16.5. The van der Waals surface area contributed by atoms with E-state index in [9.17, 15) is 0 Å². The largest absolute Gasteiger partial charge is 0.497 e. The number of methoxy groups -OCH3 is 2. The van der Waals surface area contributed by atoms with Crippen LogP contribution in [0.15, 0.2) is 18.2 Å². The summed E-state index contributed by atoms with van der Waals surface area (Å²) >= 11 is 0. The lowest BCUT2D eigenvalue weighted by Gasteiger charge is -2.35. The molecule has 1 aliphatic carbocycles. The summed E-state index contributed by atoms with van der Waals surface area (Å²) in [5, 5.41) is 3.48. The fraction of sp³-hybridized carbons (Fsp3) is 0.667. The molecule has 3 heteroatoms. The summed E-state index contributed by atoms with van der Waals surface area (Å²) in [6.07, 6.45) is 6.85. The molecule has 0 amide bonds. The highest BCUT2D eigenvalue weighted by molar-refractivity contribution is 5.37. The Morgan fingerprint density at radius 1 is 1.14 bits per heavy atom. The molecule has 0 saturated heterocycles. The molecule has 1 aliphatic rings. The molecule has 2 unspecified atom stereocenters. The van der Waals surface area contributed by atoms with E-state index < -0.39 is 0 Å². The lowest BCUT2D eigenvalue weighted by Crippen LogP contribution is -2.38. The van der Waals surface area contributed by atoms with Gasteiger partial charge in [-0.25, -0.2) is 0 Å². The maximum atomic E-state index is 5.92. The van der Waals surface area contributed by atoms with E-state index in [1.54, 1.807) is 7.11 Å². The summed E-state index contributed by atoms with van der Waals surface area (Å²) in [6, 6.07) is 6.56. The second-order valence-corrected chi connectivity index (χ2v) is 6.09. The Morgan fingerprint density at radius 2 is 1.86 bits per heavy atom. The molecule has 0 spiro atoms. The van der Waals surface area contributed by atoms with Gasteiger partial charge in [0.2, 0.25) is 0 Å². The van der Waals surface area contributed by atoms with Crippen LogP contribution in [0.2, 0.25) is 0 Å². The molecule has 1 aromatic rings. The Balaban J connectivity index is 2.23. The van der Waals surface area contributed by atoms with Gasteiger partial charge >= 0.3 is 0 Å². The van der Waals surface area contributed by atoms with E-state index in [0.717, 1.165) is 5.75 Å². The minimum Gasteiger partial charge on any atom is -0.497 e. The smallest absolute Gasteiger partial charge is 0.119 e. The summed E-state index contributed by atoms with van der Waals surface area (Å²) in [6.45, 7) is 2.15. The van der Waals surface area contributed by atoms with Crippen molar-refractivity contribution in [3.63, 3.8) is 0 Å². The summed E-state index contributed by atoms with van der Waals surface area (Å²) in [4.78, 5) is 0. The Morgan fingerprint density at radius 3 is 2.38 bits per heavy atom. The number of benzene rings is 1. The Bertz CT molecular complexity index is 441. The van der Waals surface area contributed by atoms with Gasteiger partial charge in [-0.2, -0.15) is 0 Å². The third-order valence-electron chi connectivity index (χ3n) is 4.84. The minimum atomic E-state index is 0.238. The lowest BCUT2D eigenvalue weighted by molar-refractivity contribution is 0.00925. The first-order valence-corrected chi connectivity index (χ1v) is 8.05. The summed E-state index contributed by atoms with van der Waals surface area (Å²) in [5.41, 5.74) is 2.57. The molecule has 3 nitrogen and oxygen atoms in total. The van der Waals surface area contributed by atoms with E-state index in [2.05, 4.69) is 24.4 Å². The van der Waals surface area contributed by atoms with Crippen molar-refractivity contribution in [2.45, 2.75) is 51.2 Å². The highest BCUT2D eigenvalue weighted by Gasteiger charge is 2.31. The van der Waals surface area contributed by atoms with Crippen LogP contribution in [0.25, 0.3) is 0 Å². The van der Waals surface area contributed by atoms with E-state index >= 15 is 0 Å². The maximum Gasteiger partial charge on any atom is 0.119 e. The van der Waals surface area contributed by atoms with Crippen LogP contribution in [0.1, 0.15) is 49.3 Å². The third-order valence-corrected chi connectivity index (χ3v) is 4.84. The van der Waals surface area contributed by atoms with Gasteiger partial charge in [0.25, 0.3) is 0 Å². The molecular weight excluding hydrogens is 262 g/mol. The SMILES string of the molecule is CNC(c1ccc(OC)cc1C)C(OC)C1CCCCC1. The summed E-state index contributed by atoms with van der Waals surface area (Å²) in [5.74, 6) is 1.57. The highest BCUT2D eigenvalue weighted by Crippen LogP contribution is 2.35. The van der Waals surface area contributed by atoms with Gasteiger partial charge in [-0.15, -0.1) is 0 Å². The van der Waals surface area contributed by atoms with Gasteiger partial charge in [0.1, 0.15) is 5.75 Å². The Labute approximate surface area is 129 Å². The molecule has 1 aromatic carbocycles. The zero-order valence-corrected chi connectivity index (χ0v) is 13.8. The van der Waals surface area contributed by atoms with Crippen LogP contribution < -0.4 is 10.1 Å². The van der Waals surface area contributed by atoms with E-state index in [1.807, 2.05) is 20.2 Å². The number of aryl methyl sites for hydroxylation is 1. The van der Waals surface area contributed by atoms with Crippen molar-refractivity contribution in [3.05, 3.63) is 29.3 Å². The quantitative estimate of drug-likeness (QED) is 0.863. The van der Waals surface area contributed by atoms with Crippen LogP contribution in [0.3, 0.4) is 0 Å². The molecule has 21 heavy (non-hydrogen) atoms. The maximum absolute atomic E-state index is 5.92. The van der Waals surface area contributed by atoms with Gasteiger partial charge in [0.05, 0.1) is 19.3 Å². The molecule has 0 radical (unpaired) electrons. The number of likely N-dealkylation sites (N-methyl/N-ethyl adjacent to an activating group) is 1. The monoisotopic (exact) mass is 291 g/mol. The molecule has 0 aromatic heterocycles. The first kappa shape index (κ1) is 16.3. The van der Waals surface area contributed by atoms with Crippen molar-refractivity contribution in [2.24, 2.45) is 5.92 Å². The third kappa shape index (κ3) is 3.78. The Kier molecular flexibility index (Phi) is 6.07. The predicted octanol–water partition coefficient (Wildman–Crippen LogP) is 3.86. The second kappa shape index (κ2) is 7.81. The molecule has 1 fully saturated rings. The molecule has 2 atom stereocenters. The molecule has 0 bridgehead atoms. The molecule has 2 rings (SSSR count). The zero-order chi connectivity index (χ0) is 15.2. The number of hydrogen-bond donors (Lipinski definition) is 1. The van der Waals surface area contributed by atoms with Gasteiger partial charge in [-0.05, 0) is 56.0 Å². The van der Waals surface area contributed by atoms with Crippen LogP contribution in [0.5, 0.6) is 5.75 Å². The first-order chi connectivity index (χ1) is 10.2. The fourth-order valence-electron chi connectivity index (χ4n) is 3.68. The average molecular weight is 291 g/mol. The molecule has 118 valence electrons. The Hall–Kier alpha value is -1.06. The topological polar surface area (TPSA) is 30.5 Å². The van der Waals surface area contributed by atoms with Crippen molar-refractivity contribution in [3.8, 4) is 5.75 Å². The van der Waals surface area contributed by atoms with Crippen LogP contribution in [0, 0.1) is 12.8 Å². The number of nitrogens with one attached hydrogen (secondary N) is 1. The average Bonchev–Trinajstić information content (AvgIpc) is 2.53. The van der Waals surface area contributed by atoms with E-state index in [0.29, 0.717) is 5.92 Å². The van der Waals surface area contributed by atoms with Gasteiger partial charge < -0.3 is 14.8 Å². The van der Waals surface area contributed by atoms with Gasteiger partial charge in [-0.1, -0.05) is 25.3 Å². The summed E-state index contributed by atoms with van der Waals surface area (Å²) < 4.78 is 11.2. The predicted molar refractivity (Wildman–Crippen MR) is 86.9 cm³/mol. The molecular formula is C18H29NO2. The lowest BCUT2D eigenvalue weighted by atomic mass is 9.80. The molecule has 0 aliphatic heterocycles. The van der Waals surface area contributed by atoms with Crippen molar-refractivity contribution in [1.82, 2.24) is 5.32 Å². The van der Waals surface area contributed by atoms with E-state index in [-0.39, 0.29) is 12.1 Å². The van der Waals surface area contributed by atoms with Gasteiger partial charge in [0.15, 0.2) is 0 Å². The van der Waals surface area contributed by atoms with Crippen LogP contribution in [-0.4, -0.2) is 27.4 Å². The van der Waals surface area contributed by atoms with Gasteiger partial charge in [0, 0.05) is 7.11 Å². The van der Waals surface area contributed by atoms with Crippen LogP contribution >= 0.6 is 0 Å². The molecule has 0 heterocycles. The van der Waals surface area contributed by atoms with Crippen molar-refractivity contribution < 1.29 is 9.47 Å². The van der Waals surface area contributed by atoms with Crippen molar-refractivity contribution in [1.29, 1.82) is 0 Å². The normalized spacial score (nSPS) is 19.2. The number of rotatable bonds is 6. The molecule has 1 saturated carbocycles. The summed E-state index contributed by atoms with van der Waals surface area (Å²) in [7, 11) is 5.59. The first-order valence-electron chi connectivity index (χ1n) is 8.05. The van der Waals surface area contributed by atoms with Crippen LogP contribution in [-0.2, 0) is 4.74 Å². The van der Waals surface area contributed by atoms with Crippen molar-refractivity contribution >= 4 is 0 Å². The van der Waals surface area contributed by atoms with Crippen molar-refractivity contribution in [2.75, 3.05) is 21.3 Å². The standard InChI is InChI=1S/C18H29NO2/c1-13-12-15(20-3)10-11-16(13)17(19-2)18(21-4)14-8-6-5-7-9-14/h10-12,14,17-19H,5-9H2,1-4H3. The number of hydrogen-bond acceptors (Lipinski definition) is 3. The van der Waals surface area contributed by atoms with E-state index in [1.165, 1.54) is 43.2 Å². The second-order valence-electron chi connectivity index (χ2n) is 6.09. The van der Waals surface area contributed by atoms with Gasteiger partial charge in [-0.3, -0.25) is 0 Å². The van der Waals surface area contributed by atoms with Crippen LogP contribution in [0.4, 0.5) is 0 Å². The zero-order valence-electron chi connectivity index (χ0n) is 13.8. The van der Waals surface area contributed by atoms with E-state index in [4.69, 9.17) is 9.47 Å². The fourth-order valence-corrected chi connectivity index (χ4v) is 3.68. The minimum absolute atomic E-state index is 0.238.